The topological polar surface area (TPSA) is 126 Å². The second kappa shape index (κ2) is 9.80. The molecule has 0 saturated carbocycles. The summed E-state index contributed by atoms with van der Waals surface area (Å²) in [6, 6.07) is 2.80. The van der Waals surface area contributed by atoms with Crippen LogP contribution in [-0.2, 0) is 28.0 Å². The molecule has 4 rings (SSSR count). The Morgan fingerprint density at radius 3 is 2.66 bits per heavy atom. The molecule has 2 aliphatic rings. The Kier molecular flexibility index (Phi) is 6.97. The minimum atomic E-state index is -4.55. The fraction of sp³-hybridized carbons (Fsp3) is 0.591. The maximum Gasteiger partial charge on any atom is 0.393 e. The summed E-state index contributed by atoms with van der Waals surface area (Å²) in [7, 11) is 1.74. The maximum atomic E-state index is 13.5. The number of nitrogens with two attached hydrogens (primary N) is 1. The number of hydrogen-bond donors (Lipinski definition) is 2. The molecule has 2 aliphatic heterocycles. The molecule has 3 unspecified atom stereocenters. The Bertz CT molecular complexity index is 1120. The van der Waals surface area contributed by atoms with Gasteiger partial charge in [0.05, 0.1) is 17.5 Å². The molecule has 35 heavy (non-hydrogen) atoms. The number of benzene rings is 1. The summed E-state index contributed by atoms with van der Waals surface area (Å²) in [6.07, 6.45) is -4.13. The zero-order chi connectivity index (χ0) is 25.3. The lowest BCUT2D eigenvalue weighted by molar-refractivity contribution is -0.171. The second-order valence-corrected chi connectivity index (χ2v) is 9.11. The van der Waals surface area contributed by atoms with E-state index < -0.39 is 49.0 Å². The summed E-state index contributed by atoms with van der Waals surface area (Å²) in [5, 5.41) is 10.5. The van der Waals surface area contributed by atoms with Crippen molar-refractivity contribution in [2.75, 3.05) is 19.6 Å². The highest BCUT2D eigenvalue weighted by Gasteiger charge is 2.51. The Hall–Kier alpha value is -3.22. The predicted octanol–water partition coefficient (Wildman–Crippen LogP) is 0.704. The number of rotatable bonds is 7. The molecule has 0 spiro atoms. The third-order valence-electron chi connectivity index (χ3n) is 6.69. The van der Waals surface area contributed by atoms with E-state index in [1.54, 1.807) is 34.8 Å². The number of amides is 3. The molecule has 1 aromatic heterocycles. The van der Waals surface area contributed by atoms with Gasteiger partial charge in [0.2, 0.25) is 17.7 Å². The molecular weight excluding hydrogens is 467 g/mol. The van der Waals surface area contributed by atoms with Gasteiger partial charge in [0.15, 0.2) is 0 Å². The van der Waals surface area contributed by atoms with E-state index in [1.807, 2.05) is 0 Å². The largest absolute Gasteiger partial charge is 0.393 e. The van der Waals surface area contributed by atoms with Gasteiger partial charge >= 0.3 is 6.18 Å². The van der Waals surface area contributed by atoms with Crippen LogP contribution in [0.3, 0.4) is 0 Å². The van der Waals surface area contributed by atoms with Crippen molar-refractivity contribution in [3.63, 3.8) is 0 Å². The van der Waals surface area contributed by atoms with E-state index in [0.717, 1.165) is 16.8 Å². The lowest BCUT2D eigenvalue weighted by atomic mass is 10.0. The van der Waals surface area contributed by atoms with Gasteiger partial charge in [0, 0.05) is 39.6 Å². The lowest BCUT2D eigenvalue weighted by Gasteiger charge is -2.31. The van der Waals surface area contributed by atoms with Crippen molar-refractivity contribution in [3.8, 4) is 0 Å². The number of likely N-dealkylation sites (tertiary alicyclic amines) is 2. The molecule has 2 fully saturated rings. The molecule has 3 N–H and O–H groups in total. The van der Waals surface area contributed by atoms with E-state index >= 15 is 0 Å². The van der Waals surface area contributed by atoms with Gasteiger partial charge in [-0.05, 0) is 37.0 Å². The molecule has 3 amide bonds. The van der Waals surface area contributed by atoms with Crippen LogP contribution in [0.15, 0.2) is 18.2 Å². The van der Waals surface area contributed by atoms with Crippen LogP contribution in [0.5, 0.6) is 0 Å². The number of nitrogens with zero attached hydrogens (tertiary/aromatic N) is 5. The van der Waals surface area contributed by atoms with E-state index in [0.29, 0.717) is 24.2 Å². The van der Waals surface area contributed by atoms with Crippen LogP contribution in [0, 0.1) is 5.92 Å². The molecule has 13 heteroatoms. The molecular formula is C22H28F3N7O3. The van der Waals surface area contributed by atoms with Crippen molar-refractivity contribution in [1.29, 1.82) is 0 Å². The fourth-order valence-corrected chi connectivity index (χ4v) is 4.41. The van der Waals surface area contributed by atoms with Crippen LogP contribution in [0.1, 0.15) is 31.2 Å². The summed E-state index contributed by atoms with van der Waals surface area (Å²) in [6.45, 7) is 0.734. The van der Waals surface area contributed by atoms with E-state index in [-0.39, 0.29) is 25.3 Å². The van der Waals surface area contributed by atoms with Gasteiger partial charge in [0.25, 0.3) is 0 Å². The van der Waals surface area contributed by atoms with Crippen LogP contribution in [0.4, 0.5) is 13.2 Å². The van der Waals surface area contributed by atoms with Crippen molar-refractivity contribution < 1.29 is 27.6 Å². The Labute approximate surface area is 199 Å². The minimum absolute atomic E-state index is 0.00775. The number of alkyl halides is 3. The third-order valence-corrected chi connectivity index (χ3v) is 6.69. The normalized spacial score (nSPS) is 21.2. The zero-order valence-electron chi connectivity index (χ0n) is 19.3. The van der Waals surface area contributed by atoms with Crippen LogP contribution in [-0.4, -0.2) is 80.4 Å². The summed E-state index contributed by atoms with van der Waals surface area (Å²) in [4.78, 5) is 40.4. The first-order valence-corrected chi connectivity index (χ1v) is 11.5. The minimum Gasteiger partial charge on any atom is -0.350 e. The maximum absolute atomic E-state index is 13.5. The van der Waals surface area contributed by atoms with Crippen molar-refractivity contribution in [2.24, 2.45) is 18.7 Å². The first kappa shape index (κ1) is 24.9. The lowest BCUT2D eigenvalue weighted by Crippen LogP contribution is -2.51. The molecule has 3 heterocycles. The monoisotopic (exact) mass is 495 g/mol. The second-order valence-electron chi connectivity index (χ2n) is 9.11. The highest BCUT2D eigenvalue weighted by molar-refractivity contribution is 5.91. The first-order chi connectivity index (χ1) is 16.5. The smallest absolute Gasteiger partial charge is 0.350 e. The number of hydrogen-bond acceptors (Lipinski definition) is 6. The van der Waals surface area contributed by atoms with Gasteiger partial charge in [-0.2, -0.15) is 13.2 Å². The van der Waals surface area contributed by atoms with Gasteiger partial charge in [0.1, 0.15) is 11.6 Å². The molecule has 0 bridgehead atoms. The number of aromatic nitrogens is 3. The van der Waals surface area contributed by atoms with Crippen molar-refractivity contribution in [3.05, 3.63) is 23.8 Å². The average Bonchev–Trinajstić information content (AvgIpc) is 3.38. The molecule has 2 aromatic rings. The summed E-state index contributed by atoms with van der Waals surface area (Å²) in [5.74, 6) is -3.40. The van der Waals surface area contributed by atoms with Gasteiger partial charge in [-0.3, -0.25) is 14.4 Å². The molecule has 190 valence electrons. The van der Waals surface area contributed by atoms with Crippen LogP contribution >= 0.6 is 0 Å². The molecule has 10 nitrogen and oxygen atoms in total. The van der Waals surface area contributed by atoms with E-state index in [2.05, 4.69) is 15.6 Å². The number of aryl methyl sites for hydroxylation is 1. The summed E-state index contributed by atoms with van der Waals surface area (Å²) < 4.78 is 42.0. The zero-order valence-corrected chi connectivity index (χ0v) is 19.3. The van der Waals surface area contributed by atoms with Crippen LogP contribution < -0.4 is 11.1 Å². The van der Waals surface area contributed by atoms with Gasteiger partial charge < -0.3 is 20.9 Å². The molecule has 1 aromatic carbocycles. The van der Waals surface area contributed by atoms with Gasteiger partial charge in [-0.25, -0.2) is 4.68 Å². The van der Waals surface area contributed by atoms with E-state index in [4.69, 9.17) is 5.73 Å². The third kappa shape index (κ3) is 5.39. The number of fused-ring (bicyclic) bond motifs is 1. The van der Waals surface area contributed by atoms with Gasteiger partial charge in [-0.15, -0.1) is 5.10 Å². The molecule has 0 aliphatic carbocycles. The fourth-order valence-electron chi connectivity index (χ4n) is 4.41. The number of nitrogens with one attached hydrogen (secondary N) is 1. The van der Waals surface area contributed by atoms with E-state index in [9.17, 15) is 27.6 Å². The number of halogens is 3. The Morgan fingerprint density at radius 1 is 1.26 bits per heavy atom. The van der Waals surface area contributed by atoms with E-state index in [1.165, 1.54) is 0 Å². The molecule has 3 atom stereocenters. The quantitative estimate of drug-likeness (QED) is 0.583. The van der Waals surface area contributed by atoms with Crippen molar-refractivity contribution >= 4 is 28.8 Å². The molecule has 0 radical (unpaired) electrons. The standard InChI is InChI=1S/C22H28F3N7O3/c1-30-17-5-3-13(9-16(17)28-29-30)11-27-20(34)18-10-14(22(23,24)25)12-32(18)21(35)15(26)4-6-19(33)31-7-2-8-31/h3,5,9,14-15,18H,2,4,6-8,10-12,26H2,1H3,(H,27,34). The number of carbonyl (C=O) groups excluding carboxylic acids is 3. The predicted molar refractivity (Wildman–Crippen MR) is 118 cm³/mol. The Morgan fingerprint density at radius 2 is 2.00 bits per heavy atom. The average molecular weight is 496 g/mol. The first-order valence-electron chi connectivity index (χ1n) is 11.5. The van der Waals surface area contributed by atoms with Gasteiger partial charge in [-0.1, -0.05) is 11.3 Å². The Balaban J connectivity index is 1.40. The van der Waals surface area contributed by atoms with Crippen molar-refractivity contribution in [1.82, 2.24) is 30.1 Å². The van der Waals surface area contributed by atoms with Crippen molar-refractivity contribution in [2.45, 2.75) is 50.5 Å². The summed E-state index contributed by atoms with van der Waals surface area (Å²) in [5.41, 5.74) is 8.05. The highest BCUT2D eigenvalue weighted by Crippen LogP contribution is 2.37. The van der Waals surface area contributed by atoms with Crippen LogP contribution in [0.2, 0.25) is 0 Å². The van der Waals surface area contributed by atoms with Crippen LogP contribution in [0.25, 0.3) is 11.0 Å². The number of carbonyl (C=O) groups is 3. The summed E-state index contributed by atoms with van der Waals surface area (Å²) >= 11 is 0. The molecule has 2 saturated heterocycles. The SMILES string of the molecule is Cn1nnc2cc(CNC(=O)C3CC(C(F)(F)F)CN3C(=O)C(N)CCC(=O)N3CCC3)ccc21. The highest BCUT2D eigenvalue weighted by atomic mass is 19.4.